The SMILES string of the molecule is O=c1[nH]c(-c2occc2Br)nc(O)c1-c1cccc(Br)c1. The van der Waals surface area contributed by atoms with E-state index in [1.807, 2.05) is 6.07 Å². The Morgan fingerprint density at radius 1 is 1.24 bits per heavy atom. The van der Waals surface area contributed by atoms with Crippen molar-refractivity contribution in [2.45, 2.75) is 0 Å². The number of furan rings is 1. The number of hydrogen-bond donors (Lipinski definition) is 2. The zero-order chi connectivity index (χ0) is 15.0. The molecule has 21 heavy (non-hydrogen) atoms. The molecule has 106 valence electrons. The first-order chi connectivity index (χ1) is 10.1. The first kappa shape index (κ1) is 14.1. The maximum atomic E-state index is 12.3. The summed E-state index contributed by atoms with van der Waals surface area (Å²) in [7, 11) is 0. The Labute approximate surface area is 135 Å². The Hall–Kier alpha value is -1.86. The molecule has 7 heteroatoms. The van der Waals surface area contributed by atoms with Crippen molar-refractivity contribution in [2.24, 2.45) is 0 Å². The van der Waals surface area contributed by atoms with Crippen molar-refractivity contribution >= 4 is 31.9 Å². The normalized spacial score (nSPS) is 10.8. The van der Waals surface area contributed by atoms with E-state index in [1.54, 1.807) is 24.3 Å². The average Bonchev–Trinajstić information content (AvgIpc) is 2.84. The van der Waals surface area contributed by atoms with Gasteiger partial charge in [-0.1, -0.05) is 28.1 Å². The fourth-order valence-corrected chi connectivity index (χ4v) is 2.72. The van der Waals surface area contributed by atoms with Crippen LogP contribution < -0.4 is 5.56 Å². The zero-order valence-corrected chi connectivity index (χ0v) is 13.6. The monoisotopic (exact) mass is 410 g/mol. The molecule has 1 aromatic carbocycles. The number of benzene rings is 1. The lowest BCUT2D eigenvalue weighted by molar-refractivity contribution is 0.452. The number of halogens is 2. The molecule has 0 radical (unpaired) electrons. The van der Waals surface area contributed by atoms with E-state index in [-0.39, 0.29) is 17.3 Å². The molecule has 0 aliphatic heterocycles. The van der Waals surface area contributed by atoms with Gasteiger partial charge in [-0.25, -0.2) is 0 Å². The van der Waals surface area contributed by atoms with Gasteiger partial charge in [-0.15, -0.1) is 0 Å². The third-order valence-corrected chi connectivity index (χ3v) is 3.96. The van der Waals surface area contributed by atoms with E-state index in [0.717, 1.165) is 4.47 Å². The van der Waals surface area contributed by atoms with E-state index in [2.05, 4.69) is 41.8 Å². The van der Waals surface area contributed by atoms with E-state index < -0.39 is 5.56 Å². The van der Waals surface area contributed by atoms with Gasteiger partial charge in [0.2, 0.25) is 5.88 Å². The van der Waals surface area contributed by atoms with E-state index in [0.29, 0.717) is 15.8 Å². The van der Waals surface area contributed by atoms with Crippen molar-refractivity contribution in [1.82, 2.24) is 9.97 Å². The fraction of sp³-hybridized carbons (Fsp3) is 0. The zero-order valence-electron chi connectivity index (χ0n) is 10.4. The van der Waals surface area contributed by atoms with Crippen LogP contribution in [-0.2, 0) is 0 Å². The van der Waals surface area contributed by atoms with Crippen molar-refractivity contribution in [3.8, 4) is 28.6 Å². The number of rotatable bonds is 2. The van der Waals surface area contributed by atoms with Gasteiger partial charge < -0.3 is 14.5 Å². The summed E-state index contributed by atoms with van der Waals surface area (Å²) in [5.41, 5.74) is 0.238. The first-order valence-electron chi connectivity index (χ1n) is 5.89. The van der Waals surface area contributed by atoms with Crippen molar-refractivity contribution in [3.05, 3.63) is 55.9 Å². The maximum absolute atomic E-state index is 12.3. The molecule has 0 atom stereocenters. The highest BCUT2D eigenvalue weighted by Crippen LogP contribution is 2.30. The third kappa shape index (κ3) is 2.66. The minimum absolute atomic E-state index is 0.114. The van der Waals surface area contributed by atoms with Gasteiger partial charge in [0.05, 0.1) is 10.7 Å². The number of hydrogen-bond acceptors (Lipinski definition) is 4. The Morgan fingerprint density at radius 2 is 2.05 bits per heavy atom. The second kappa shape index (κ2) is 5.50. The summed E-state index contributed by atoms with van der Waals surface area (Å²) < 4.78 is 6.67. The Morgan fingerprint density at radius 3 is 2.67 bits per heavy atom. The first-order valence-corrected chi connectivity index (χ1v) is 7.47. The summed E-state index contributed by atoms with van der Waals surface area (Å²) in [6, 6.07) is 8.73. The number of nitrogens with one attached hydrogen (secondary N) is 1. The van der Waals surface area contributed by atoms with Crippen LogP contribution in [0.25, 0.3) is 22.7 Å². The lowest BCUT2D eigenvalue weighted by atomic mass is 10.1. The van der Waals surface area contributed by atoms with Crippen LogP contribution in [0, 0.1) is 0 Å². The molecule has 0 unspecified atom stereocenters. The van der Waals surface area contributed by atoms with Gasteiger partial charge in [0.15, 0.2) is 11.6 Å². The smallest absolute Gasteiger partial charge is 0.263 e. The minimum atomic E-state index is -0.445. The molecule has 5 nitrogen and oxygen atoms in total. The average molecular weight is 412 g/mol. The summed E-state index contributed by atoms with van der Waals surface area (Å²) in [4.78, 5) is 18.9. The van der Waals surface area contributed by atoms with E-state index in [9.17, 15) is 9.90 Å². The summed E-state index contributed by atoms with van der Waals surface area (Å²) >= 11 is 6.61. The Balaban J connectivity index is 2.18. The minimum Gasteiger partial charge on any atom is -0.493 e. The number of aromatic nitrogens is 2. The van der Waals surface area contributed by atoms with Crippen molar-refractivity contribution in [3.63, 3.8) is 0 Å². The number of H-pyrrole nitrogens is 1. The van der Waals surface area contributed by atoms with Crippen LogP contribution in [0.2, 0.25) is 0 Å². The van der Waals surface area contributed by atoms with Gasteiger partial charge in [-0.2, -0.15) is 4.98 Å². The molecule has 0 saturated carbocycles. The van der Waals surface area contributed by atoms with E-state index in [4.69, 9.17) is 4.42 Å². The molecule has 2 aromatic heterocycles. The molecule has 0 bridgehead atoms. The van der Waals surface area contributed by atoms with Crippen LogP contribution in [0.5, 0.6) is 5.88 Å². The number of nitrogens with zero attached hydrogens (tertiary/aromatic N) is 1. The van der Waals surface area contributed by atoms with Gasteiger partial charge >= 0.3 is 0 Å². The quantitative estimate of drug-likeness (QED) is 0.669. The molecule has 2 heterocycles. The Bertz CT molecular complexity index is 871. The molecular formula is C14H8Br2N2O3. The third-order valence-electron chi connectivity index (χ3n) is 2.85. The van der Waals surface area contributed by atoms with Crippen molar-refractivity contribution in [2.75, 3.05) is 0 Å². The number of aromatic hydroxyl groups is 1. The Kier molecular flexibility index (Phi) is 3.69. The van der Waals surface area contributed by atoms with Gasteiger partial charge in [-0.3, -0.25) is 4.79 Å². The van der Waals surface area contributed by atoms with Crippen LogP contribution in [-0.4, -0.2) is 15.1 Å². The fourth-order valence-electron chi connectivity index (χ4n) is 1.94. The van der Waals surface area contributed by atoms with Crippen LogP contribution >= 0.6 is 31.9 Å². The van der Waals surface area contributed by atoms with Gasteiger partial charge in [0, 0.05) is 4.47 Å². The maximum Gasteiger partial charge on any atom is 0.263 e. The van der Waals surface area contributed by atoms with Crippen LogP contribution in [0.1, 0.15) is 0 Å². The second-order valence-electron chi connectivity index (χ2n) is 4.22. The molecule has 0 aliphatic rings. The highest BCUT2D eigenvalue weighted by molar-refractivity contribution is 9.10. The number of aromatic amines is 1. The molecule has 0 aliphatic carbocycles. The molecule has 0 saturated heterocycles. The second-order valence-corrected chi connectivity index (χ2v) is 5.99. The van der Waals surface area contributed by atoms with Crippen molar-refractivity contribution in [1.29, 1.82) is 0 Å². The molecule has 0 amide bonds. The van der Waals surface area contributed by atoms with Gasteiger partial charge in [-0.05, 0) is 39.7 Å². The highest BCUT2D eigenvalue weighted by Gasteiger charge is 2.17. The summed E-state index contributed by atoms with van der Waals surface area (Å²) in [5.74, 6) is 0.159. The predicted molar refractivity (Wildman–Crippen MR) is 85.1 cm³/mol. The highest BCUT2D eigenvalue weighted by atomic mass is 79.9. The van der Waals surface area contributed by atoms with E-state index >= 15 is 0 Å². The summed E-state index contributed by atoms with van der Waals surface area (Å²) in [6.07, 6.45) is 1.46. The lowest BCUT2D eigenvalue weighted by Crippen LogP contribution is -2.12. The van der Waals surface area contributed by atoms with Gasteiger partial charge in [0.1, 0.15) is 5.56 Å². The lowest BCUT2D eigenvalue weighted by Gasteiger charge is -2.05. The molecule has 3 rings (SSSR count). The standard InChI is InChI=1S/C14H8Br2N2O3/c15-8-3-1-2-7(6-8)10-13(19)17-12(18-14(10)20)11-9(16)4-5-21-11/h1-6H,(H2,17,18,19,20). The molecule has 3 aromatic rings. The molecule has 0 fully saturated rings. The van der Waals surface area contributed by atoms with Crippen LogP contribution in [0.4, 0.5) is 0 Å². The largest absolute Gasteiger partial charge is 0.493 e. The summed E-state index contributed by atoms with van der Waals surface area (Å²) in [6.45, 7) is 0. The topological polar surface area (TPSA) is 79.1 Å². The molecular weight excluding hydrogens is 404 g/mol. The van der Waals surface area contributed by atoms with Gasteiger partial charge in [0.25, 0.3) is 5.56 Å². The molecule has 2 N–H and O–H groups in total. The van der Waals surface area contributed by atoms with Crippen LogP contribution in [0.15, 0.2) is 54.8 Å². The predicted octanol–water partition coefficient (Wildman–Crippen LogP) is 3.93. The molecule has 0 spiro atoms. The van der Waals surface area contributed by atoms with Crippen molar-refractivity contribution < 1.29 is 9.52 Å². The van der Waals surface area contributed by atoms with Crippen LogP contribution in [0.3, 0.4) is 0 Å². The summed E-state index contributed by atoms with van der Waals surface area (Å²) in [5, 5.41) is 10.1. The van der Waals surface area contributed by atoms with E-state index in [1.165, 1.54) is 6.26 Å².